The zero-order chi connectivity index (χ0) is 20.2. The first-order valence-electron chi connectivity index (χ1n) is 8.99. The smallest absolute Gasteiger partial charge is 0.305 e. The van der Waals surface area contributed by atoms with Crippen molar-refractivity contribution in [2.45, 2.75) is 6.54 Å². The first-order valence-corrected chi connectivity index (χ1v) is 8.99. The molecule has 0 N–H and O–H groups in total. The van der Waals surface area contributed by atoms with Crippen LogP contribution in [0.5, 0.6) is 0 Å². The van der Waals surface area contributed by atoms with Crippen LogP contribution in [0.2, 0.25) is 0 Å². The molecule has 2 aromatic carbocycles. The summed E-state index contributed by atoms with van der Waals surface area (Å²) in [7, 11) is 1.84. The average Bonchev–Trinajstić information content (AvgIpc) is 3.19. The van der Waals surface area contributed by atoms with Crippen LogP contribution in [0.4, 0.5) is 11.6 Å². The van der Waals surface area contributed by atoms with Crippen LogP contribution >= 0.6 is 0 Å². The molecule has 144 valence electrons. The van der Waals surface area contributed by atoms with Gasteiger partial charge in [-0.05, 0) is 12.1 Å². The molecular weight excluding hydrogens is 368 g/mol. The predicted molar refractivity (Wildman–Crippen MR) is 110 cm³/mol. The number of hydrogen-bond acceptors (Lipinski definition) is 6. The quantitative estimate of drug-likeness (QED) is 0.369. The second-order valence-electron chi connectivity index (χ2n) is 6.50. The summed E-state index contributed by atoms with van der Waals surface area (Å²) in [6.45, 7) is 0.495. The molecule has 0 aliphatic rings. The Morgan fingerprint density at radius 3 is 2.24 bits per heavy atom. The van der Waals surface area contributed by atoms with Crippen molar-refractivity contribution in [1.82, 2.24) is 19.7 Å². The van der Waals surface area contributed by atoms with E-state index in [0.29, 0.717) is 12.5 Å². The third-order valence-corrected chi connectivity index (χ3v) is 4.44. The van der Waals surface area contributed by atoms with E-state index < -0.39 is 4.92 Å². The van der Waals surface area contributed by atoms with E-state index in [1.807, 2.05) is 83.5 Å². The van der Waals surface area contributed by atoms with Crippen LogP contribution in [0, 0.1) is 10.1 Å². The predicted octanol–water partition coefficient (Wildman–Crippen LogP) is 3.87. The van der Waals surface area contributed by atoms with Gasteiger partial charge in [0.05, 0.1) is 16.3 Å². The van der Waals surface area contributed by atoms with Crippen molar-refractivity contribution in [3.63, 3.8) is 0 Å². The molecule has 2 heterocycles. The number of nitrogens with zero attached hydrogens (tertiary/aromatic N) is 6. The number of rotatable bonds is 6. The van der Waals surface area contributed by atoms with Gasteiger partial charge in [-0.2, -0.15) is 5.10 Å². The van der Waals surface area contributed by atoms with Gasteiger partial charge in [-0.25, -0.2) is 14.6 Å². The maximum absolute atomic E-state index is 10.8. The number of benzene rings is 2. The zero-order valence-corrected chi connectivity index (χ0v) is 15.7. The van der Waals surface area contributed by atoms with Crippen LogP contribution in [-0.4, -0.2) is 31.7 Å². The van der Waals surface area contributed by atoms with Gasteiger partial charge in [-0.3, -0.25) is 10.1 Å². The molecule has 0 bridgehead atoms. The molecule has 0 spiro atoms. The summed E-state index contributed by atoms with van der Waals surface area (Å²) in [6.07, 6.45) is 4.41. The number of hydrogen-bond donors (Lipinski definition) is 0. The maximum atomic E-state index is 10.8. The van der Waals surface area contributed by atoms with Crippen molar-refractivity contribution in [3.05, 3.63) is 94.9 Å². The highest BCUT2D eigenvalue weighted by molar-refractivity contribution is 5.63. The molecular formula is C21H18N6O2. The topological polar surface area (TPSA) is 90.0 Å². The molecule has 4 rings (SSSR count). The minimum Gasteiger partial charge on any atom is -0.339 e. The second-order valence-corrected chi connectivity index (χ2v) is 6.50. The van der Waals surface area contributed by atoms with Crippen molar-refractivity contribution < 1.29 is 4.92 Å². The monoisotopic (exact) mass is 386 g/mol. The summed E-state index contributed by atoms with van der Waals surface area (Å²) in [6, 6.07) is 19.8. The Morgan fingerprint density at radius 2 is 1.62 bits per heavy atom. The third-order valence-electron chi connectivity index (χ3n) is 4.44. The van der Waals surface area contributed by atoms with Crippen molar-refractivity contribution in [1.29, 1.82) is 0 Å². The summed E-state index contributed by atoms with van der Waals surface area (Å²) in [5.74, 6) is 0.405. The second kappa shape index (κ2) is 7.89. The third kappa shape index (κ3) is 3.96. The summed E-state index contributed by atoms with van der Waals surface area (Å²) >= 11 is 0. The average molecular weight is 386 g/mol. The van der Waals surface area contributed by atoms with Crippen molar-refractivity contribution in [2.75, 3.05) is 11.9 Å². The Hall–Kier alpha value is -4.07. The molecule has 29 heavy (non-hydrogen) atoms. The highest BCUT2D eigenvalue weighted by atomic mass is 16.6. The molecule has 0 fully saturated rings. The summed E-state index contributed by atoms with van der Waals surface area (Å²) < 4.78 is 1.85. The first kappa shape index (κ1) is 18.3. The van der Waals surface area contributed by atoms with Crippen LogP contribution in [0.15, 0.2) is 79.3 Å². The van der Waals surface area contributed by atoms with Crippen molar-refractivity contribution in [2.24, 2.45) is 0 Å². The normalized spacial score (nSPS) is 10.7. The van der Waals surface area contributed by atoms with E-state index in [1.165, 1.54) is 12.4 Å². The number of aromatic nitrogens is 4. The van der Waals surface area contributed by atoms with E-state index in [1.54, 1.807) is 0 Å². The van der Waals surface area contributed by atoms with Gasteiger partial charge in [0.1, 0.15) is 12.4 Å². The minimum atomic E-state index is -0.513. The van der Waals surface area contributed by atoms with Gasteiger partial charge < -0.3 is 4.90 Å². The van der Waals surface area contributed by atoms with E-state index >= 15 is 0 Å². The molecule has 4 aromatic rings. The minimum absolute atomic E-state index is 0.135. The number of para-hydroxylation sites is 1. The van der Waals surface area contributed by atoms with E-state index in [9.17, 15) is 10.1 Å². The largest absolute Gasteiger partial charge is 0.339 e. The fourth-order valence-electron chi connectivity index (χ4n) is 3.01. The van der Waals surface area contributed by atoms with Gasteiger partial charge in [0, 0.05) is 30.9 Å². The SMILES string of the molecule is CN(Cc1cn(-c2ccccc2)nc1-c1ccccc1)c1ncc([N+](=O)[O-])cn1. The molecule has 0 radical (unpaired) electrons. The molecule has 0 saturated carbocycles. The van der Waals surface area contributed by atoms with Crippen molar-refractivity contribution in [3.8, 4) is 16.9 Å². The van der Waals surface area contributed by atoms with Gasteiger partial charge >= 0.3 is 5.69 Å². The fourth-order valence-corrected chi connectivity index (χ4v) is 3.01. The molecule has 0 atom stereocenters. The van der Waals surface area contributed by atoms with Crippen LogP contribution in [-0.2, 0) is 6.54 Å². The number of anilines is 1. The molecule has 0 aliphatic carbocycles. The van der Waals surface area contributed by atoms with Crippen LogP contribution in [0.25, 0.3) is 16.9 Å². The molecule has 2 aromatic heterocycles. The Bertz CT molecular complexity index is 1110. The number of nitro groups is 1. The fraction of sp³-hybridized carbons (Fsp3) is 0.0952. The standard InChI is InChI=1S/C21H18N6O2/c1-25(21-22-12-19(13-23-21)27(28)29)14-17-15-26(18-10-6-3-7-11-18)24-20(17)16-8-4-2-5-9-16/h2-13,15H,14H2,1H3. The summed E-state index contributed by atoms with van der Waals surface area (Å²) in [5.41, 5.74) is 3.69. The summed E-state index contributed by atoms with van der Waals surface area (Å²) in [4.78, 5) is 20.4. The lowest BCUT2D eigenvalue weighted by Crippen LogP contribution is -2.19. The highest BCUT2D eigenvalue weighted by Crippen LogP contribution is 2.25. The van der Waals surface area contributed by atoms with E-state index in [-0.39, 0.29) is 5.69 Å². The molecule has 8 heteroatoms. The van der Waals surface area contributed by atoms with E-state index in [2.05, 4.69) is 9.97 Å². The molecule has 0 unspecified atom stereocenters. The highest BCUT2D eigenvalue weighted by Gasteiger charge is 2.16. The van der Waals surface area contributed by atoms with Gasteiger partial charge in [0.15, 0.2) is 0 Å². The van der Waals surface area contributed by atoms with Gasteiger partial charge in [0.25, 0.3) is 0 Å². The Morgan fingerprint density at radius 1 is 1.00 bits per heavy atom. The molecule has 8 nitrogen and oxygen atoms in total. The first-order chi connectivity index (χ1) is 14.1. The lowest BCUT2D eigenvalue weighted by atomic mass is 10.1. The Labute approximate surface area is 167 Å². The van der Waals surface area contributed by atoms with Gasteiger partial charge in [0.2, 0.25) is 5.95 Å². The lowest BCUT2D eigenvalue weighted by Gasteiger charge is -2.16. The van der Waals surface area contributed by atoms with Crippen LogP contribution < -0.4 is 4.90 Å². The van der Waals surface area contributed by atoms with Crippen LogP contribution in [0.1, 0.15) is 5.56 Å². The summed E-state index contributed by atoms with van der Waals surface area (Å²) in [5, 5.41) is 15.6. The molecule has 0 amide bonds. The lowest BCUT2D eigenvalue weighted by molar-refractivity contribution is -0.385. The van der Waals surface area contributed by atoms with Gasteiger partial charge in [-0.1, -0.05) is 48.5 Å². The van der Waals surface area contributed by atoms with Crippen LogP contribution in [0.3, 0.4) is 0 Å². The maximum Gasteiger partial charge on any atom is 0.305 e. The van der Waals surface area contributed by atoms with E-state index in [0.717, 1.165) is 22.5 Å². The zero-order valence-electron chi connectivity index (χ0n) is 15.7. The van der Waals surface area contributed by atoms with E-state index in [4.69, 9.17) is 5.10 Å². The Balaban J connectivity index is 1.68. The molecule has 0 aliphatic heterocycles. The molecule has 0 saturated heterocycles. The Kier molecular flexibility index (Phi) is 4.98. The van der Waals surface area contributed by atoms with Crippen molar-refractivity contribution >= 4 is 11.6 Å². The van der Waals surface area contributed by atoms with Gasteiger partial charge in [-0.15, -0.1) is 0 Å².